The molecule has 134 valence electrons. The molecular formula is C18H20N6O2. The van der Waals surface area contributed by atoms with Crippen LogP contribution in [-0.4, -0.2) is 37.6 Å². The van der Waals surface area contributed by atoms with E-state index in [0.29, 0.717) is 28.5 Å². The fraction of sp³-hybridized carbons (Fsp3) is 0.444. The number of H-pyrrole nitrogens is 1. The van der Waals surface area contributed by atoms with E-state index in [-0.39, 0.29) is 11.5 Å². The standard InChI is InChI=1S/C18H20N6O2/c1-11(2)15-16(22-17-12(7-19)8-21-24(17)18(15)25)13-9-20-23(10-13)14-3-5-26-6-4-14/h8-11,14,22H,3-6H2,1-2H3. The van der Waals surface area contributed by atoms with Gasteiger partial charge in [0.05, 0.1) is 24.1 Å². The lowest BCUT2D eigenvalue weighted by atomic mass is 10.00. The molecule has 1 aliphatic rings. The zero-order valence-corrected chi connectivity index (χ0v) is 14.8. The predicted molar refractivity (Wildman–Crippen MR) is 94.9 cm³/mol. The van der Waals surface area contributed by atoms with Crippen LogP contribution in [0.2, 0.25) is 0 Å². The molecule has 8 nitrogen and oxygen atoms in total. The highest BCUT2D eigenvalue weighted by molar-refractivity contribution is 5.67. The fourth-order valence-electron chi connectivity index (χ4n) is 3.49. The van der Waals surface area contributed by atoms with Gasteiger partial charge < -0.3 is 9.72 Å². The van der Waals surface area contributed by atoms with Gasteiger partial charge in [-0.15, -0.1) is 0 Å². The summed E-state index contributed by atoms with van der Waals surface area (Å²) >= 11 is 0. The summed E-state index contributed by atoms with van der Waals surface area (Å²) in [7, 11) is 0. The van der Waals surface area contributed by atoms with E-state index in [4.69, 9.17) is 4.74 Å². The number of rotatable bonds is 3. The molecule has 1 fully saturated rings. The number of aromatic amines is 1. The summed E-state index contributed by atoms with van der Waals surface area (Å²) in [5.74, 6) is -0.000633. The van der Waals surface area contributed by atoms with Crippen LogP contribution in [0, 0.1) is 11.3 Å². The van der Waals surface area contributed by atoms with Crippen molar-refractivity contribution in [3.05, 3.63) is 40.1 Å². The molecule has 0 amide bonds. The molecule has 3 aromatic rings. The average molecular weight is 352 g/mol. The van der Waals surface area contributed by atoms with E-state index in [9.17, 15) is 10.1 Å². The molecule has 4 rings (SSSR count). The zero-order valence-electron chi connectivity index (χ0n) is 14.8. The smallest absolute Gasteiger partial charge is 0.278 e. The van der Waals surface area contributed by atoms with Crippen LogP contribution in [-0.2, 0) is 4.74 Å². The number of ether oxygens (including phenoxy) is 1. The van der Waals surface area contributed by atoms with Crippen molar-refractivity contribution < 1.29 is 4.74 Å². The van der Waals surface area contributed by atoms with Gasteiger partial charge in [0.25, 0.3) is 5.56 Å². The van der Waals surface area contributed by atoms with E-state index < -0.39 is 0 Å². The summed E-state index contributed by atoms with van der Waals surface area (Å²) in [4.78, 5) is 16.2. The first-order valence-corrected chi connectivity index (χ1v) is 8.76. The van der Waals surface area contributed by atoms with Gasteiger partial charge in [-0.05, 0) is 18.8 Å². The van der Waals surface area contributed by atoms with Crippen LogP contribution in [0.3, 0.4) is 0 Å². The molecule has 0 aliphatic carbocycles. The molecule has 1 aliphatic heterocycles. The maximum Gasteiger partial charge on any atom is 0.278 e. The highest BCUT2D eigenvalue weighted by Gasteiger charge is 2.22. The molecule has 0 spiro atoms. The molecule has 0 radical (unpaired) electrons. The van der Waals surface area contributed by atoms with Crippen molar-refractivity contribution >= 4 is 5.65 Å². The number of fused-ring (bicyclic) bond motifs is 1. The molecule has 0 atom stereocenters. The van der Waals surface area contributed by atoms with Gasteiger partial charge in [-0.3, -0.25) is 9.48 Å². The monoisotopic (exact) mass is 352 g/mol. The molecule has 1 saturated heterocycles. The Morgan fingerprint density at radius 1 is 1.31 bits per heavy atom. The van der Waals surface area contributed by atoms with Crippen LogP contribution in [0.4, 0.5) is 0 Å². The lowest BCUT2D eigenvalue weighted by Gasteiger charge is -2.22. The number of nitriles is 1. The average Bonchev–Trinajstić information content (AvgIpc) is 3.29. The summed E-state index contributed by atoms with van der Waals surface area (Å²) in [6.07, 6.45) is 6.99. The number of aromatic nitrogens is 5. The minimum absolute atomic E-state index is 0.000633. The van der Waals surface area contributed by atoms with Crippen molar-refractivity contribution in [2.45, 2.75) is 38.6 Å². The third kappa shape index (κ3) is 2.61. The van der Waals surface area contributed by atoms with Gasteiger partial charge >= 0.3 is 0 Å². The van der Waals surface area contributed by atoms with E-state index in [1.807, 2.05) is 24.7 Å². The number of nitrogens with one attached hydrogen (secondary N) is 1. The topological polar surface area (TPSA) is 101 Å². The van der Waals surface area contributed by atoms with Crippen molar-refractivity contribution in [2.75, 3.05) is 13.2 Å². The van der Waals surface area contributed by atoms with Crippen molar-refractivity contribution in [3.8, 4) is 17.3 Å². The minimum Gasteiger partial charge on any atom is -0.381 e. The third-order valence-electron chi connectivity index (χ3n) is 4.86. The molecule has 8 heteroatoms. The normalized spacial score (nSPS) is 15.6. The lowest BCUT2D eigenvalue weighted by molar-refractivity contribution is 0.0662. The van der Waals surface area contributed by atoms with Crippen LogP contribution in [0.1, 0.15) is 49.8 Å². The Morgan fingerprint density at radius 2 is 2.08 bits per heavy atom. The summed E-state index contributed by atoms with van der Waals surface area (Å²) < 4.78 is 8.63. The Hall–Kier alpha value is -2.92. The van der Waals surface area contributed by atoms with Crippen LogP contribution >= 0.6 is 0 Å². The maximum atomic E-state index is 12.9. The molecule has 0 saturated carbocycles. The Morgan fingerprint density at radius 3 is 2.77 bits per heavy atom. The van der Waals surface area contributed by atoms with Gasteiger partial charge in [-0.25, -0.2) is 0 Å². The zero-order chi connectivity index (χ0) is 18.3. The van der Waals surface area contributed by atoms with Crippen LogP contribution in [0.5, 0.6) is 0 Å². The van der Waals surface area contributed by atoms with Gasteiger partial charge in [0, 0.05) is 30.5 Å². The first-order chi connectivity index (χ1) is 12.6. The van der Waals surface area contributed by atoms with Crippen LogP contribution < -0.4 is 5.56 Å². The molecule has 26 heavy (non-hydrogen) atoms. The maximum absolute atomic E-state index is 12.9. The van der Waals surface area contributed by atoms with Crippen molar-refractivity contribution in [1.29, 1.82) is 5.26 Å². The summed E-state index contributed by atoms with van der Waals surface area (Å²) in [5, 5.41) is 17.8. The second-order valence-corrected chi connectivity index (χ2v) is 6.86. The second-order valence-electron chi connectivity index (χ2n) is 6.86. The molecule has 0 unspecified atom stereocenters. The van der Waals surface area contributed by atoms with Gasteiger partial charge in [0.15, 0.2) is 5.65 Å². The van der Waals surface area contributed by atoms with E-state index in [1.165, 1.54) is 10.7 Å². The predicted octanol–water partition coefficient (Wildman–Crippen LogP) is 2.23. The van der Waals surface area contributed by atoms with Gasteiger partial charge in [0.1, 0.15) is 11.6 Å². The van der Waals surface area contributed by atoms with Gasteiger partial charge in [-0.2, -0.15) is 20.0 Å². The SMILES string of the molecule is CC(C)c1c(-c2cnn(C3CCOCC3)c2)[nH]c2c(C#N)cnn2c1=O. The minimum atomic E-state index is -0.205. The first kappa shape index (κ1) is 16.5. The van der Waals surface area contributed by atoms with Crippen LogP contribution in [0.15, 0.2) is 23.4 Å². The highest BCUT2D eigenvalue weighted by atomic mass is 16.5. The second kappa shape index (κ2) is 6.42. The van der Waals surface area contributed by atoms with Crippen LogP contribution in [0.25, 0.3) is 16.9 Å². The number of nitrogens with zero attached hydrogens (tertiary/aromatic N) is 5. The quantitative estimate of drug-likeness (QED) is 0.779. The lowest BCUT2D eigenvalue weighted by Crippen LogP contribution is -2.22. The summed E-state index contributed by atoms with van der Waals surface area (Å²) in [6.45, 7) is 5.41. The molecule has 0 aromatic carbocycles. The summed E-state index contributed by atoms with van der Waals surface area (Å²) in [6, 6.07) is 2.38. The summed E-state index contributed by atoms with van der Waals surface area (Å²) in [5.41, 5.74) is 2.73. The Balaban J connectivity index is 1.87. The first-order valence-electron chi connectivity index (χ1n) is 8.76. The van der Waals surface area contributed by atoms with Crippen molar-refractivity contribution in [1.82, 2.24) is 24.4 Å². The van der Waals surface area contributed by atoms with Gasteiger partial charge in [-0.1, -0.05) is 13.8 Å². The van der Waals surface area contributed by atoms with E-state index in [0.717, 1.165) is 31.6 Å². The largest absolute Gasteiger partial charge is 0.381 e. The molecule has 4 heterocycles. The number of hydrogen-bond acceptors (Lipinski definition) is 5. The molecule has 1 N–H and O–H groups in total. The van der Waals surface area contributed by atoms with E-state index >= 15 is 0 Å². The number of hydrogen-bond donors (Lipinski definition) is 1. The van der Waals surface area contributed by atoms with Gasteiger partial charge in [0.2, 0.25) is 0 Å². The Labute approximate surface area is 150 Å². The third-order valence-corrected chi connectivity index (χ3v) is 4.86. The Kier molecular flexibility index (Phi) is 4.09. The van der Waals surface area contributed by atoms with E-state index in [2.05, 4.69) is 21.3 Å². The Bertz CT molecular complexity index is 1050. The van der Waals surface area contributed by atoms with Crippen molar-refractivity contribution in [2.24, 2.45) is 0 Å². The van der Waals surface area contributed by atoms with Crippen molar-refractivity contribution in [3.63, 3.8) is 0 Å². The molecule has 0 bridgehead atoms. The highest BCUT2D eigenvalue weighted by Crippen LogP contribution is 2.28. The molecule has 3 aromatic heterocycles. The van der Waals surface area contributed by atoms with E-state index in [1.54, 1.807) is 6.20 Å². The molecular weight excluding hydrogens is 332 g/mol. The fourth-order valence-corrected chi connectivity index (χ4v) is 3.49.